The largest absolute Gasteiger partial charge is 0.497 e. The first-order chi connectivity index (χ1) is 9.93. The van der Waals surface area contributed by atoms with Crippen LogP contribution in [0.3, 0.4) is 0 Å². The zero-order valence-electron chi connectivity index (χ0n) is 12.7. The molecule has 21 heavy (non-hydrogen) atoms. The van der Waals surface area contributed by atoms with Crippen LogP contribution in [0.25, 0.3) is 0 Å². The summed E-state index contributed by atoms with van der Waals surface area (Å²) in [6.45, 7) is 3.88. The van der Waals surface area contributed by atoms with E-state index in [-0.39, 0.29) is 17.8 Å². The Morgan fingerprint density at radius 1 is 1.38 bits per heavy atom. The molecule has 0 saturated carbocycles. The minimum Gasteiger partial charge on any atom is -0.497 e. The van der Waals surface area contributed by atoms with Gasteiger partial charge in [0.25, 0.3) is 0 Å². The van der Waals surface area contributed by atoms with E-state index in [2.05, 4.69) is 5.10 Å². The van der Waals surface area contributed by atoms with Crippen LogP contribution in [-0.4, -0.2) is 22.7 Å². The van der Waals surface area contributed by atoms with Gasteiger partial charge >= 0.3 is 0 Å². The molecule has 1 heterocycles. The van der Waals surface area contributed by atoms with Gasteiger partial charge in [-0.1, -0.05) is 0 Å². The SMILES string of the molecule is COc1ccc(C(=O)CCc2c(C)nn(C)c2C)c(F)c1. The van der Waals surface area contributed by atoms with E-state index in [0.717, 1.165) is 17.0 Å². The summed E-state index contributed by atoms with van der Waals surface area (Å²) in [7, 11) is 3.33. The third kappa shape index (κ3) is 3.12. The number of benzene rings is 1. The van der Waals surface area contributed by atoms with Gasteiger partial charge in [-0.2, -0.15) is 5.10 Å². The van der Waals surface area contributed by atoms with Crippen molar-refractivity contribution in [3.63, 3.8) is 0 Å². The van der Waals surface area contributed by atoms with Crippen LogP contribution in [0.15, 0.2) is 18.2 Å². The molecule has 1 aromatic carbocycles. The van der Waals surface area contributed by atoms with E-state index < -0.39 is 5.82 Å². The maximum absolute atomic E-state index is 13.9. The molecular weight excluding hydrogens is 271 g/mol. The first kappa shape index (κ1) is 15.2. The number of halogens is 1. The summed E-state index contributed by atoms with van der Waals surface area (Å²) in [6.07, 6.45) is 0.826. The number of hydrogen-bond donors (Lipinski definition) is 0. The van der Waals surface area contributed by atoms with Crippen molar-refractivity contribution >= 4 is 5.78 Å². The number of Topliss-reactive ketones (excluding diaryl/α,β-unsaturated/α-hetero) is 1. The van der Waals surface area contributed by atoms with Gasteiger partial charge in [-0.05, 0) is 38.0 Å². The molecule has 0 fully saturated rings. The van der Waals surface area contributed by atoms with Gasteiger partial charge in [0.05, 0.1) is 18.4 Å². The first-order valence-electron chi connectivity index (χ1n) is 6.80. The highest BCUT2D eigenvalue weighted by atomic mass is 19.1. The fraction of sp³-hybridized carbons (Fsp3) is 0.375. The lowest BCUT2D eigenvalue weighted by molar-refractivity contribution is 0.0979. The summed E-state index contributed by atoms with van der Waals surface area (Å²) < 4.78 is 20.6. The molecule has 0 spiro atoms. The van der Waals surface area contributed by atoms with Gasteiger partial charge in [-0.25, -0.2) is 4.39 Å². The molecule has 0 aliphatic carbocycles. The molecule has 2 aromatic rings. The second-order valence-corrected chi connectivity index (χ2v) is 5.04. The summed E-state index contributed by atoms with van der Waals surface area (Å²) in [4.78, 5) is 12.2. The molecule has 2 rings (SSSR count). The Kier molecular flexibility index (Phi) is 4.40. The number of aryl methyl sites for hydroxylation is 2. The number of rotatable bonds is 5. The van der Waals surface area contributed by atoms with Crippen molar-refractivity contribution in [2.45, 2.75) is 26.7 Å². The van der Waals surface area contributed by atoms with E-state index in [1.54, 1.807) is 10.7 Å². The van der Waals surface area contributed by atoms with Gasteiger partial charge < -0.3 is 4.74 Å². The molecule has 112 valence electrons. The molecule has 0 radical (unpaired) electrons. The van der Waals surface area contributed by atoms with Gasteiger partial charge in [-0.15, -0.1) is 0 Å². The van der Waals surface area contributed by atoms with Crippen LogP contribution >= 0.6 is 0 Å². The third-order valence-electron chi connectivity index (χ3n) is 3.74. The Balaban J connectivity index is 2.12. The molecule has 0 bridgehead atoms. The van der Waals surface area contributed by atoms with Crippen LogP contribution in [0.5, 0.6) is 5.75 Å². The van der Waals surface area contributed by atoms with Crippen molar-refractivity contribution in [3.05, 3.63) is 46.5 Å². The number of methoxy groups -OCH3 is 1. The van der Waals surface area contributed by atoms with Crippen molar-refractivity contribution in [3.8, 4) is 5.75 Å². The normalized spacial score (nSPS) is 10.7. The van der Waals surface area contributed by atoms with E-state index in [0.29, 0.717) is 12.2 Å². The second kappa shape index (κ2) is 6.08. The van der Waals surface area contributed by atoms with Gasteiger partial charge in [-0.3, -0.25) is 9.48 Å². The molecule has 0 aliphatic rings. The fourth-order valence-corrected chi connectivity index (χ4v) is 2.40. The summed E-state index contributed by atoms with van der Waals surface area (Å²) in [5.41, 5.74) is 3.11. The smallest absolute Gasteiger partial charge is 0.166 e. The third-order valence-corrected chi connectivity index (χ3v) is 3.74. The van der Waals surface area contributed by atoms with E-state index in [1.165, 1.54) is 19.2 Å². The summed E-state index contributed by atoms with van der Waals surface area (Å²) >= 11 is 0. The summed E-state index contributed by atoms with van der Waals surface area (Å²) in [5.74, 6) is -0.347. The average Bonchev–Trinajstić information content (AvgIpc) is 2.69. The second-order valence-electron chi connectivity index (χ2n) is 5.04. The molecule has 4 nitrogen and oxygen atoms in total. The molecule has 0 aliphatic heterocycles. The van der Waals surface area contributed by atoms with Crippen LogP contribution in [0, 0.1) is 19.7 Å². The van der Waals surface area contributed by atoms with Gasteiger partial charge in [0.1, 0.15) is 11.6 Å². The standard InChI is InChI=1S/C16H19FN2O2/c1-10-13(11(2)19(3)18-10)7-8-16(20)14-6-5-12(21-4)9-15(14)17/h5-6,9H,7-8H2,1-4H3. The van der Waals surface area contributed by atoms with E-state index in [4.69, 9.17) is 4.74 Å². The Hall–Kier alpha value is -2.17. The molecule has 0 N–H and O–H groups in total. The zero-order chi connectivity index (χ0) is 15.6. The fourth-order valence-electron chi connectivity index (χ4n) is 2.40. The van der Waals surface area contributed by atoms with Crippen LogP contribution < -0.4 is 4.74 Å². The van der Waals surface area contributed by atoms with Gasteiger partial charge in [0, 0.05) is 25.2 Å². The predicted octanol–water partition coefficient (Wildman–Crippen LogP) is 3.00. The Bertz CT molecular complexity index is 677. The van der Waals surface area contributed by atoms with Crippen molar-refractivity contribution in [1.82, 2.24) is 9.78 Å². The molecule has 0 atom stereocenters. The topological polar surface area (TPSA) is 44.1 Å². The summed E-state index contributed by atoms with van der Waals surface area (Å²) in [5, 5.41) is 4.32. The van der Waals surface area contributed by atoms with E-state index in [9.17, 15) is 9.18 Å². The quantitative estimate of drug-likeness (QED) is 0.795. The number of nitrogens with zero attached hydrogens (tertiary/aromatic N) is 2. The Labute approximate surface area is 123 Å². The van der Waals surface area contributed by atoms with Crippen molar-refractivity contribution in [2.24, 2.45) is 7.05 Å². The predicted molar refractivity (Wildman–Crippen MR) is 78.3 cm³/mol. The highest BCUT2D eigenvalue weighted by Gasteiger charge is 2.15. The minimum atomic E-state index is -0.543. The number of ether oxygens (including phenoxy) is 1. The number of carbonyl (C=O) groups excluding carboxylic acids is 1. The van der Waals surface area contributed by atoms with E-state index in [1.807, 2.05) is 20.9 Å². The molecule has 0 unspecified atom stereocenters. The molecule has 0 amide bonds. The van der Waals surface area contributed by atoms with Crippen molar-refractivity contribution in [1.29, 1.82) is 0 Å². The minimum absolute atomic E-state index is 0.106. The number of ketones is 1. The lowest BCUT2D eigenvalue weighted by Gasteiger charge is -2.05. The average molecular weight is 290 g/mol. The highest BCUT2D eigenvalue weighted by Crippen LogP contribution is 2.20. The zero-order valence-corrected chi connectivity index (χ0v) is 12.7. The Morgan fingerprint density at radius 2 is 2.10 bits per heavy atom. The van der Waals surface area contributed by atoms with E-state index >= 15 is 0 Å². The lowest BCUT2D eigenvalue weighted by Crippen LogP contribution is -2.05. The summed E-state index contributed by atoms with van der Waals surface area (Å²) in [6, 6.07) is 4.30. The van der Waals surface area contributed by atoms with Crippen molar-refractivity contribution < 1.29 is 13.9 Å². The number of aromatic nitrogens is 2. The maximum Gasteiger partial charge on any atom is 0.166 e. The Morgan fingerprint density at radius 3 is 2.62 bits per heavy atom. The molecule has 1 aromatic heterocycles. The molecular formula is C16H19FN2O2. The van der Waals surface area contributed by atoms with Crippen LogP contribution in [0.4, 0.5) is 4.39 Å². The molecule has 5 heteroatoms. The van der Waals surface area contributed by atoms with Crippen LogP contribution in [0.1, 0.15) is 33.7 Å². The number of carbonyl (C=O) groups is 1. The van der Waals surface area contributed by atoms with Gasteiger partial charge in [0.2, 0.25) is 0 Å². The van der Waals surface area contributed by atoms with Gasteiger partial charge in [0.15, 0.2) is 5.78 Å². The first-order valence-corrected chi connectivity index (χ1v) is 6.80. The van der Waals surface area contributed by atoms with Crippen molar-refractivity contribution in [2.75, 3.05) is 7.11 Å². The highest BCUT2D eigenvalue weighted by molar-refractivity contribution is 5.96. The monoisotopic (exact) mass is 290 g/mol. The van der Waals surface area contributed by atoms with Crippen LogP contribution in [-0.2, 0) is 13.5 Å². The molecule has 0 saturated heterocycles. The maximum atomic E-state index is 13.9. The lowest BCUT2D eigenvalue weighted by atomic mass is 10.0. The van der Waals surface area contributed by atoms with Crippen LogP contribution in [0.2, 0.25) is 0 Å². The number of hydrogen-bond acceptors (Lipinski definition) is 3.